The summed E-state index contributed by atoms with van der Waals surface area (Å²) in [4.78, 5) is 22.3. The summed E-state index contributed by atoms with van der Waals surface area (Å²) in [6, 6.07) is 21.4. The van der Waals surface area contributed by atoms with Gasteiger partial charge in [-0.05, 0) is 36.2 Å². The Balaban J connectivity index is 1.85. The van der Waals surface area contributed by atoms with E-state index in [1.54, 1.807) is 28.6 Å². The highest BCUT2D eigenvalue weighted by molar-refractivity contribution is 7.98. The van der Waals surface area contributed by atoms with E-state index in [0.717, 1.165) is 11.3 Å². The van der Waals surface area contributed by atoms with Gasteiger partial charge in [-0.25, -0.2) is 14.5 Å². The summed E-state index contributed by atoms with van der Waals surface area (Å²) in [6.07, 6.45) is 1.77. The van der Waals surface area contributed by atoms with Crippen molar-refractivity contribution < 1.29 is 0 Å². The van der Waals surface area contributed by atoms with E-state index in [1.807, 2.05) is 55.5 Å². The van der Waals surface area contributed by atoms with Crippen LogP contribution >= 0.6 is 11.8 Å². The van der Waals surface area contributed by atoms with Crippen LogP contribution in [0.5, 0.6) is 0 Å². The molecule has 0 atom stereocenters. The maximum atomic E-state index is 13.1. The molecule has 0 aliphatic rings. The Morgan fingerprint density at radius 2 is 1.73 bits per heavy atom. The Morgan fingerprint density at radius 1 is 0.962 bits per heavy atom. The van der Waals surface area contributed by atoms with Crippen LogP contribution in [-0.2, 0) is 5.75 Å². The van der Waals surface area contributed by atoms with Crippen LogP contribution in [0.3, 0.4) is 0 Å². The Kier molecular flexibility index (Phi) is 4.54. The fourth-order valence-corrected chi connectivity index (χ4v) is 3.68. The summed E-state index contributed by atoms with van der Waals surface area (Å²) in [7, 11) is 0. The molecular weight excluding hydrogens is 342 g/mol. The summed E-state index contributed by atoms with van der Waals surface area (Å²) < 4.78 is 1.61. The van der Waals surface area contributed by atoms with Gasteiger partial charge < -0.3 is 0 Å². The van der Waals surface area contributed by atoms with Crippen molar-refractivity contribution in [2.45, 2.75) is 17.8 Å². The molecule has 0 fully saturated rings. The van der Waals surface area contributed by atoms with E-state index in [1.165, 1.54) is 5.56 Å². The van der Waals surface area contributed by atoms with Gasteiger partial charge in [0.15, 0.2) is 5.16 Å². The van der Waals surface area contributed by atoms with E-state index in [2.05, 4.69) is 17.1 Å². The van der Waals surface area contributed by atoms with Crippen LogP contribution in [0, 0.1) is 6.92 Å². The lowest BCUT2D eigenvalue weighted by atomic mass is 10.2. The van der Waals surface area contributed by atoms with Gasteiger partial charge in [0.05, 0.1) is 10.9 Å². The fraction of sp³-hybridized carbons (Fsp3) is 0.0952. The Morgan fingerprint density at radius 3 is 2.50 bits per heavy atom. The summed E-state index contributed by atoms with van der Waals surface area (Å²) in [5, 5.41) is 1.24. The van der Waals surface area contributed by atoms with Crippen LogP contribution in [0.4, 0.5) is 0 Å². The first-order valence-corrected chi connectivity index (χ1v) is 9.32. The topological polar surface area (TPSA) is 47.8 Å². The van der Waals surface area contributed by atoms with E-state index >= 15 is 0 Å². The highest BCUT2D eigenvalue weighted by Crippen LogP contribution is 2.24. The maximum absolute atomic E-state index is 13.1. The normalized spacial score (nSPS) is 11.0. The summed E-state index contributed by atoms with van der Waals surface area (Å²) in [5.41, 5.74) is 2.84. The molecule has 0 amide bonds. The Bertz CT molecular complexity index is 1110. The molecule has 4 nitrogen and oxygen atoms in total. The number of hydrogen-bond acceptors (Lipinski definition) is 4. The monoisotopic (exact) mass is 359 g/mol. The van der Waals surface area contributed by atoms with Crippen LogP contribution in [0.25, 0.3) is 16.7 Å². The summed E-state index contributed by atoms with van der Waals surface area (Å²) in [5.74, 6) is 1.33. The van der Waals surface area contributed by atoms with Crippen LogP contribution < -0.4 is 5.56 Å². The zero-order valence-corrected chi connectivity index (χ0v) is 15.1. The third-order valence-corrected chi connectivity index (χ3v) is 5.09. The van der Waals surface area contributed by atoms with Gasteiger partial charge in [0.25, 0.3) is 5.56 Å². The summed E-state index contributed by atoms with van der Waals surface area (Å²) >= 11 is 1.54. The molecule has 0 saturated carbocycles. The largest absolute Gasteiger partial charge is 0.268 e. The number of fused-ring (bicyclic) bond motifs is 1. The molecule has 26 heavy (non-hydrogen) atoms. The van der Waals surface area contributed by atoms with E-state index in [-0.39, 0.29) is 5.56 Å². The van der Waals surface area contributed by atoms with Crippen molar-refractivity contribution in [1.29, 1.82) is 0 Å². The lowest BCUT2D eigenvalue weighted by Crippen LogP contribution is -2.22. The van der Waals surface area contributed by atoms with Crippen molar-refractivity contribution in [3.8, 4) is 5.82 Å². The van der Waals surface area contributed by atoms with Gasteiger partial charge in [0, 0.05) is 11.9 Å². The molecule has 0 radical (unpaired) electrons. The molecule has 4 aromatic rings. The van der Waals surface area contributed by atoms with Crippen molar-refractivity contribution in [2.75, 3.05) is 0 Å². The smallest absolute Gasteiger partial charge is 0.267 e. The predicted octanol–water partition coefficient (Wildman–Crippen LogP) is 4.38. The third-order valence-electron chi connectivity index (χ3n) is 4.08. The van der Waals surface area contributed by atoms with Gasteiger partial charge in [-0.1, -0.05) is 60.3 Å². The number of aryl methyl sites for hydroxylation is 1. The van der Waals surface area contributed by atoms with Gasteiger partial charge >= 0.3 is 0 Å². The highest BCUT2D eigenvalue weighted by Gasteiger charge is 2.14. The number of benzene rings is 2. The first kappa shape index (κ1) is 16.5. The minimum atomic E-state index is -0.0949. The predicted molar refractivity (Wildman–Crippen MR) is 106 cm³/mol. The minimum absolute atomic E-state index is 0.0949. The second-order valence-corrected chi connectivity index (χ2v) is 6.96. The van der Waals surface area contributed by atoms with E-state index in [9.17, 15) is 4.79 Å². The lowest BCUT2D eigenvalue weighted by molar-refractivity contribution is 0.794. The maximum Gasteiger partial charge on any atom is 0.267 e. The SMILES string of the molecule is Cc1ccc(-n2c(SCc3ccccc3)nc3ccccc3c2=O)nc1. The molecule has 0 unspecified atom stereocenters. The fourth-order valence-electron chi connectivity index (χ4n) is 2.73. The molecular formula is C21H17N3OS. The number of rotatable bonds is 4. The van der Waals surface area contributed by atoms with Crippen molar-refractivity contribution in [3.05, 3.63) is 94.4 Å². The molecule has 2 aromatic carbocycles. The van der Waals surface area contributed by atoms with Crippen molar-refractivity contribution in [3.63, 3.8) is 0 Å². The van der Waals surface area contributed by atoms with Crippen molar-refractivity contribution in [2.24, 2.45) is 0 Å². The first-order chi connectivity index (χ1) is 12.7. The van der Waals surface area contributed by atoms with E-state index in [0.29, 0.717) is 21.9 Å². The lowest BCUT2D eigenvalue weighted by Gasteiger charge is -2.12. The molecule has 0 aliphatic heterocycles. The van der Waals surface area contributed by atoms with Gasteiger partial charge in [0.2, 0.25) is 0 Å². The average Bonchev–Trinajstić information content (AvgIpc) is 2.68. The van der Waals surface area contributed by atoms with Crippen molar-refractivity contribution >= 4 is 22.7 Å². The quantitative estimate of drug-likeness (QED) is 0.401. The minimum Gasteiger partial charge on any atom is -0.268 e. The first-order valence-electron chi connectivity index (χ1n) is 8.34. The summed E-state index contributed by atoms with van der Waals surface area (Å²) in [6.45, 7) is 1.98. The molecule has 0 saturated heterocycles. The highest BCUT2D eigenvalue weighted by atomic mass is 32.2. The zero-order valence-electron chi connectivity index (χ0n) is 14.3. The van der Waals surface area contributed by atoms with E-state index in [4.69, 9.17) is 4.98 Å². The van der Waals surface area contributed by atoms with Crippen molar-refractivity contribution in [1.82, 2.24) is 14.5 Å². The van der Waals surface area contributed by atoms with Gasteiger partial charge in [-0.3, -0.25) is 4.79 Å². The number of hydrogen-bond donors (Lipinski definition) is 0. The molecule has 0 spiro atoms. The standard InChI is InChI=1S/C21H17N3OS/c1-15-11-12-19(22-13-15)24-20(25)17-9-5-6-10-18(17)23-21(24)26-14-16-7-3-2-4-8-16/h2-13H,14H2,1H3. The zero-order chi connectivity index (χ0) is 17.9. The molecule has 4 rings (SSSR count). The van der Waals surface area contributed by atoms with Crippen LogP contribution in [-0.4, -0.2) is 14.5 Å². The Hall–Kier alpha value is -2.92. The van der Waals surface area contributed by atoms with Gasteiger partial charge in [-0.2, -0.15) is 0 Å². The molecule has 0 bridgehead atoms. The molecule has 0 N–H and O–H groups in total. The molecule has 2 heterocycles. The number of aromatic nitrogens is 3. The number of thioether (sulfide) groups is 1. The molecule has 5 heteroatoms. The van der Waals surface area contributed by atoms with Gasteiger partial charge in [0.1, 0.15) is 5.82 Å². The number of pyridine rings is 1. The molecule has 128 valence electrons. The second-order valence-electron chi connectivity index (χ2n) is 6.02. The number of para-hydroxylation sites is 1. The van der Waals surface area contributed by atoms with Crippen LogP contribution in [0.2, 0.25) is 0 Å². The van der Waals surface area contributed by atoms with Gasteiger partial charge in [-0.15, -0.1) is 0 Å². The van der Waals surface area contributed by atoms with E-state index < -0.39 is 0 Å². The average molecular weight is 359 g/mol. The third kappa shape index (κ3) is 3.26. The number of nitrogens with zero attached hydrogens (tertiary/aromatic N) is 3. The van der Waals surface area contributed by atoms with Crippen LogP contribution in [0.15, 0.2) is 82.9 Å². The second kappa shape index (κ2) is 7.14. The Labute approximate surface area is 155 Å². The molecule has 2 aromatic heterocycles. The molecule has 0 aliphatic carbocycles. The van der Waals surface area contributed by atoms with Crippen LogP contribution in [0.1, 0.15) is 11.1 Å².